The van der Waals surface area contributed by atoms with Crippen molar-refractivity contribution in [1.29, 1.82) is 0 Å². The number of ether oxygens (including phenoxy) is 1. The van der Waals surface area contributed by atoms with Crippen LogP contribution in [0.4, 0.5) is 0 Å². The van der Waals surface area contributed by atoms with Gasteiger partial charge in [-0.1, -0.05) is 47.0 Å². The Hall–Kier alpha value is -0.530. The van der Waals surface area contributed by atoms with Gasteiger partial charge in [-0.25, -0.2) is 0 Å². The minimum absolute atomic E-state index is 0.233. The lowest BCUT2D eigenvalue weighted by Crippen LogP contribution is -2.25. The molecule has 0 fully saturated rings. The molecule has 0 radical (unpaired) electrons. The molecule has 1 unspecified atom stereocenters. The SMILES string of the molecule is CCCCCC(COC=O)C(C)(C)C. The average Bonchev–Trinajstić information content (AvgIpc) is 2.09. The molecule has 0 N–H and O–H groups in total. The molecule has 0 aromatic carbocycles. The molecule has 0 saturated carbocycles. The zero-order valence-corrected chi connectivity index (χ0v) is 10.0. The zero-order valence-electron chi connectivity index (χ0n) is 10.0. The van der Waals surface area contributed by atoms with Crippen LogP contribution in [0.15, 0.2) is 0 Å². The third kappa shape index (κ3) is 6.01. The van der Waals surface area contributed by atoms with Gasteiger partial charge in [0.1, 0.15) is 0 Å². The van der Waals surface area contributed by atoms with E-state index in [-0.39, 0.29) is 5.41 Å². The first-order chi connectivity index (χ1) is 6.52. The highest BCUT2D eigenvalue weighted by atomic mass is 16.5. The first-order valence-electron chi connectivity index (χ1n) is 5.57. The zero-order chi connectivity index (χ0) is 11.0. The molecule has 0 bridgehead atoms. The molecule has 0 aromatic heterocycles. The van der Waals surface area contributed by atoms with Crippen molar-refractivity contribution in [1.82, 2.24) is 0 Å². The second kappa shape index (κ2) is 6.86. The molecule has 0 spiro atoms. The van der Waals surface area contributed by atoms with E-state index in [1.165, 1.54) is 19.3 Å². The highest BCUT2D eigenvalue weighted by molar-refractivity contribution is 5.36. The van der Waals surface area contributed by atoms with Gasteiger partial charge in [-0.3, -0.25) is 4.79 Å². The number of unbranched alkanes of at least 4 members (excludes halogenated alkanes) is 2. The smallest absolute Gasteiger partial charge is 0.293 e. The van der Waals surface area contributed by atoms with Gasteiger partial charge >= 0.3 is 0 Å². The fourth-order valence-electron chi connectivity index (χ4n) is 1.56. The molecule has 0 saturated heterocycles. The van der Waals surface area contributed by atoms with Crippen LogP contribution in [-0.2, 0) is 9.53 Å². The van der Waals surface area contributed by atoms with Crippen LogP contribution >= 0.6 is 0 Å². The van der Waals surface area contributed by atoms with Gasteiger partial charge in [0.05, 0.1) is 6.61 Å². The number of hydrogen-bond donors (Lipinski definition) is 0. The maximum absolute atomic E-state index is 10.1. The summed E-state index contributed by atoms with van der Waals surface area (Å²) in [6.07, 6.45) is 4.91. The molecule has 1 atom stereocenters. The fourth-order valence-corrected chi connectivity index (χ4v) is 1.56. The van der Waals surface area contributed by atoms with Crippen molar-refractivity contribution in [3.63, 3.8) is 0 Å². The van der Waals surface area contributed by atoms with Crippen molar-refractivity contribution >= 4 is 6.47 Å². The first-order valence-corrected chi connectivity index (χ1v) is 5.57. The summed E-state index contributed by atoms with van der Waals surface area (Å²) in [6.45, 7) is 9.94. The van der Waals surface area contributed by atoms with Crippen molar-refractivity contribution in [2.24, 2.45) is 11.3 Å². The van der Waals surface area contributed by atoms with Gasteiger partial charge in [0, 0.05) is 0 Å². The van der Waals surface area contributed by atoms with Gasteiger partial charge in [-0.2, -0.15) is 0 Å². The van der Waals surface area contributed by atoms with Crippen molar-refractivity contribution < 1.29 is 9.53 Å². The van der Waals surface area contributed by atoms with Crippen LogP contribution in [0.1, 0.15) is 53.4 Å². The second-order valence-corrected chi connectivity index (χ2v) is 4.99. The lowest BCUT2D eigenvalue weighted by Gasteiger charge is -2.29. The molecule has 0 aliphatic carbocycles. The Morgan fingerprint density at radius 3 is 2.36 bits per heavy atom. The molecule has 2 heteroatoms. The van der Waals surface area contributed by atoms with Crippen molar-refractivity contribution in [3.05, 3.63) is 0 Å². The van der Waals surface area contributed by atoms with E-state index >= 15 is 0 Å². The highest BCUT2D eigenvalue weighted by Gasteiger charge is 2.24. The molecule has 0 aliphatic heterocycles. The van der Waals surface area contributed by atoms with E-state index < -0.39 is 0 Å². The van der Waals surface area contributed by atoms with E-state index in [2.05, 4.69) is 27.7 Å². The monoisotopic (exact) mass is 200 g/mol. The summed E-state index contributed by atoms with van der Waals surface area (Å²) in [7, 11) is 0. The number of carbonyl (C=O) groups is 1. The summed E-state index contributed by atoms with van der Waals surface area (Å²) in [6, 6.07) is 0. The van der Waals surface area contributed by atoms with E-state index in [4.69, 9.17) is 4.74 Å². The molecular formula is C12H24O2. The molecule has 0 rings (SSSR count). The molecule has 0 amide bonds. The Morgan fingerprint density at radius 2 is 1.93 bits per heavy atom. The van der Waals surface area contributed by atoms with Gasteiger partial charge in [0.15, 0.2) is 0 Å². The van der Waals surface area contributed by atoms with Gasteiger partial charge in [0.2, 0.25) is 0 Å². The normalized spacial score (nSPS) is 13.7. The van der Waals surface area contributed by atoms with Crippen LogP contribution in [0.3, 0.4) is 0 Å². The standard InChI is InChI=1S/C12H24O2/c1-5-6-7-8-11(9-14-10-13)12(2,3)4/h10-11H,5-9H2,1-4H3. The van der Waals surface area contributed by atoms with Crippen LogP contribution in [0.5, 0.6) is 0 Å². The van der Waals surface area contributed by atoms with Crippen LogP contribution in [0.25, 0.3) is 0 Å². The van der Waals surface area contributed by atoms with Gasteiger partial charge < -0.3 is 4.74 Å². The van der Waals surface area contributed by atoms with E-state index in [0.717, 1.165) is 6.42 Å². The fraction of sp³-hybridized carbons (Fsp3) is 0.917. The predicted octanol–water partition coefficient (Wildman–Crippen LogP) is 3.40. The molecule has 0 aromatic rings. The largest absolute Gasteiger partial charge is 0.468 e. The first kappa shape index (κ1) is 13.5. The van der Waals surface area contributed by atoms with E-state index in [0.29, 0.717) is 19.0 Å². The highest BCUT2D eigenvalue weighted by Crippen LogP contribution is 2.30. The third-order valence-corrected chi connectivity index (χ3v) is 2.75. The summed E-state index contributed by atoms with van der Waals surface area (Å²) >= 11 is 0. The molecule has 0 heterocycles. The summed E-state index contributed by atoms with van der Waals surface area (Å²) < 4.78 is 4.87. The van der Waals surface area contributed by atoms with E-state index in [1.54, 1.807) is 0 Å². The van der Waals surface area contributed by atoms with Gasteiger partial charge in [0.25, 0.3) is 6.47 Å². The Labute approximate surface area is 88.0 Å². The van der Waals surface area contributed by atoms with Crippen LogP contribution in [-0.4, -0.2) is 13.1 Å². The quantitative estimate of drug-likeness (QED) is 0.465. The topological polar surface area (TPSA) is 26.3 Å². The lowest BCUT2D eigenvalue weighted by atomic mass is 9.78. The Kier molecular flexibility index (Phi) is 6.60. The maximum Gasteiger partial charge on any atom is 0.293 e. The van der Waals surface area contributed by atoms with E-state index in [9.17, 15) is 4.79 Å². The third-order valence-electron chi connectivity index (χ3n) is 2.75. The number of carbonyl (C=O) groups excluding carboxylic acids is 1. The van der Waals surface area contributed by atoms with Crippen molar-refractivity contribution in [2.75, 3.05) is 6.61 Å². The minimum atomic E-state index is 0.233. The maximum atomic E-state index is 10.1. The van der Waals surface area contributed by atoms with Crippen molar-refractivity contribution in [2.45, 2.75) is 53.4 Å². The summed E-state index contributed by atoms with van der Waals surface area (Å²) in [5, 5.41) is 0. The number of rotatable bonds is 7. The lowest BCUT2D eigenvalue weighted by molar-refractivity contribution is -0.131. The molecular weight excluding hydrogens is 176 g/mol. The Balaban J connectivity index is 3.91. The summed E-state index contributed by atoms with van der Waals surface area (Å²) in [5.74, 6) is 0.485. The summed E-state index contributed by atoms with van der Waals surface area (Å²) in [5.41, 5.74) is 0.233. The predicted molar refractivity (Wildman–Crippen MR) is 59.1 cm³/mol. The molecule has 84 valence electrons. The Bertz CT molecular complexity index is 147. The van der Waals surface area contributed by atoms with Gasteiger partial charge in [-0.05, 0) is 17.8 Å². The van der Waals surface area contributed by atoms with Crippen LogP contribution in [0.2, 0.25) is 0 Å². The second-order valence-electron chi connectivity index (χ2n) is 4.99. The molecule has 0 aliphatic rings. The summed E-state index contributed by atoms with van der Waals surface area (Å²) in [4.78, 5) is 10.1. The van der Waals surface area contributed by atoms with Crippen LogP contribution in [0, 0.1) is 11.3 Å². The minimum Gasteiger partial charge on any atom is -0.468 e. The van der Waals surface area contributed by atoms with Crippen LogP contribution < -0.4 is 0 Å². The van der Waals surface area contributed by atoms with Crippen molar-refractivity contribution in [3.8, 4) is 0 Å². The molecule has 14 heavy (non-hydrogen) atoms. The number of hydrogen-bond acceptors (Lipinski definition) is 2. The van der Waals surface area contributed by atoms with Gasteiger partial charge in [-0.15, -0.1) is 0 Å². The average molecular weight is 200 g/mol. The molecule has 2 nitrogen and oxygen atoms in total. The van der Waals surface area contributed by atoms with E-state index in [1.807, 2.05) is 0 Å². The Morgan fingerprint density at radius 1 is 1.29 bits per heavy atom.